The van der Waals surface area contributed by atoms with E-state index in [4.69, 9.17) is 15.6 Å². The highest BCUT2D eigenvalue weighted by Crippen LogP contribution is 2.17. The summed E-state index contributed by atoms with van der Waals surface area (Å²) < 4.78 is 0. The number of aldehydes is 1. The van der Waals surface area contributed by atoms with Crippen LogP contribution in [0.2, 0.25) is 0 Å². The van der Waals surface area contributed by atoms with E-state index in [1.807, 2.05) is 18.2 Å². The van der Waals surface area contributed by atoms with E-state index < -0.39 is 0 Å². The van der Waals surface area contributed by atoms with Gasteiger partial charge in [0, 0.05) is 19.5 Å². The predicted molar refractivity (Wildman–Crippen MR) is 94.4 cm³/mol. The minimum absolute atomic E-state index is 0.0107. The van der Waals surface area contributed by atoms with Crippen LogP contribution >= 0.6 is 0 Å². The first-order valence-electron chi connectivity index (χ1n) is 7.67. The highest BCUT2D eigenvalue weighted by Gasteiger charge is 2.24. The minimum atomic E-state index is -0.250. The maximum absolute atomic E-state index is 11.1. The Kier molecular flexibility index (Phi) is 17.1. The number of benzene rings is 1. The molecule has 0 spiro atoms. The molecule has 1 atom stereocenters. The van der Waals surface area contributed by atoms with Crippen molar-refractivity contribution in [1.82, 2.24) is 4.90 Å². The molecule has 5 N–H and O–H groups in total. The predicted octanol–water partition coefficient (Wildman–Crippen LogP) is 0.653. The topological polar surface area (TPSA) is 127 Å². The normalized spacial score (nSPS) is 14.7. The highest BCUT2D eigenvalue weighted by atomic mass is 16.3. The summed E-state index contributed by atoms with van der Waals surface area (Å²) in [6.45, 7) is 3.37. The van der Waals surface area contributed by atoms with E-state index in [0.29, 0.717) is 18.9 Å². The van der Waals surface area contributed by atoms with Crippen LogP contribution in [-0.4, -0.2) is 55.4 Å². The van der Waals surface area contributed by atoms with Gasteiger partial charge in [0.15, 0.2) is 0 Å². The molecule has 7 nitrogen and oxygen atoms in total. The lowest BCUT2D eigenvalue weighted by atomic mass is 10.1. The Hall–Kier alpha value is -2.25. The number of amides is 1. The molecule has 1 aromatic carbocycles. The van der Waals surface area contributed by atoms with E-state index >= 15 is 0 Å². The quantitative estimate of drug-likeness (QED) is 0.694. The largest absolute Gasteiger partial charge is 0.483 e. The van der Waals surface area contributed by atoms with E-state index in [2.05, 4.69) is 24.8 Å². The lowest BCUT2D eigenvalue weighted by Gasteiger charge is -2.14. The molecule has 1 amide bonds. The number of aryl methyl sites for hydroxylation is 1. The molecule has 1 aliphatic rings. The Labute approximate surface area is 143 Å². The third-order valence-electron chi connectivity index (χ3n) is 3.18. The molecule has 0 bridgehead atoms. The minimum Gasteiger partial charge on any atom is -0.483 e. The number of carboxylic acid groups (broad SMARTS) is 1. The molecule has 0 aliphatic carbocycles. The molecule has 0 aromatic heterocycles. The van der Waals surface area contributed by atoms with Crippen LogP contribution in [0.4, 0.5) is 0 Å². The summed E-state index contributed by atoms with van der Waals surface area (Å²) in [4.78, 5) is 31.3. The van der Waals surface area contributed by atoms with Gasteiger partial charge in [-0.25, -0.2) is 0 Å². The molecule has 7 heteroatoms. The molecule has 1 unspecified atom stereocenters. The van der Waals surface area contributed by atoms with Crippen LogP contribution in [0.25, 0.3) is 0 Å². The van der Waals surface area contributed by atoms with Crippen LogP contribution in [0.1, 0.15) is 18.4 Å². The Morgan fingerprint density at radius 3 is 2.21 bits per heavy atom. The lowest BCUT2D eigenvalue weighted by Crippen LogP contribution is -2.34. The average molecular weight is 339 g/mol. The van der Waals surface area contributed by atoms with Gasteiger partial charge in [-0.15, -0.1) is 0 Å². The molecule has 0 radical (unpaired) electrons. The number of likely N-dealkylation sites (tertiary alicyclic amines) is 1. The van der Waals surface area contributed by atoms with Crippen molar-refractivity contribution >= 4 is 18.7 Å². The van der Waals surface area contributed by atoms with Gasteiger partial charge in [0.1, 0.15) is 6.29 Å². The highest BCUT2D eigenvalue weighted by molar-refractivity contribution is 5.78. The third kappa shape index (κ3) is 12.3. The molecule has 1 fully saturated rings. The lowest BCUT2D eigenvalue weighted by molar-refractivity contribution is -0.129. The average Bonchev–Trinajstić information content (AvgIpc) is 3.07. The number of carbonyl (C=O) groups excluding carboxylic acids is 2. The van der Waals surface area contributed by atoms with E-state index in [1.165, 1.54) is 12.6 Å². The van der Waals surface area contributed by atoms with Gasteiger partial charge in [0.25, 0.3) is 6.47 Å². The maximum atomic E-state index is 11.1. The van der Waals surface area contributed by atoms with E-state index in [-0.39, 0.29) is 18.9 Å². The van der Waals surface area contributed by atoms with Gasteiger partial charge in [0.2, 0.25) is 5.91 Å². The standard InChI is InChI=1S/C8H14N2O2.C7H8.CH5N.CH2O2/c9-5-8(12)10-3-1-7(6-10)2-4-11;1-7-5-3-2-4-6-7;1-2;2-1-3/h4,7H,1-3,5-6,9H2;2-6H,1H3;2H2,1H3;1H,(H,2,3). The Morgan fingerprint density at radius 1 is 1.29 bits per heavy atom. The smallest absolute Gasteiger partial charge is 0.290 e. The zero-order valence-electron chi connectivity index (χ0n) is 14.4. The van der Waals surface area contributed by atoms with Crippen molar-refractivity contribution in [1.29, 1.82) is 0 Å². The van der Waals surface area contributed by atoms with Crippen LogP contribution in [0.5, 0.6) is 0 Å². The molecule has 2 rings (SSSR count). The fraction of sp³-hybridized carbons (Fsp3) is 0.471. The molecule has 1 saturated heterocycles. The van der Waals surface area contributed by atoms with Gasteiger partial charge in [0.05, 0.1) is 6.54 Å². The van der Waals surface area contributed by atoms with Crippen LogP contribution in [0.15, 0.2) is 30.3 Å². The molecular weight excluding hydrogens is 310 g/mol. The molecular formula is C17H29N3O4. The first kappa shape index (κ1) is 24.0. The molecule has 136 valence electrons. The van der Waals surface area contributed by atoms with Gasteiger partial charge in [-0.05, 0) is 26.3 Å². The Morgan fingerprint density at radius 2 is 1.83 bits per heavy atom. The van der Waals surface area contributed by atoms with Crippen molar-refractivity contribution < 1.29 is 19.5 Å². The number of rotatable bonds is 3. The summed E-state index contributed by atoms with van der Waals surface area (Å²) in [7, 11) is 1.50. The summed E-state index contributed by atoms with van der Waals surface area (Å²) >= 11 is 0. The summed E-state index contributed by atoms with van der Waals surface area (Å²) in [5, 5.41) is 6.89. The van der Waals surface area contributed by atoms with Crippen molar-refractivity contribution in [2.24, 2.45) is 17.4 Å². The summed E-state index contributed by atoms with van der Waals surface area (Å²) in [5.74, 6) is 0.349. The van der Waals surface area contributed by atoms with Gasteiger partial charge in [-0.2, -0.15) is 0 Å². The second kappa shape index (κ2) is 17.1. The number of nitrogens with zero attached hydrogens (tertiary/aromatic N) is 1. The Bertz CT molecular complexity index is 441. The zero-order valence-corrected chi connectivity index (χ0v) is 14.4. The maximum Gasteiger partial charge on any atom is 0.290 e. The van der Waals surface area contributed by atoms with Crippen LogP contribution in [0, 0.1) is 12.8 Å². The van der Waals surface area contributed by atoms with Crippen molar-refractivity contribution in [3.63, 3.8) is 0 Å². The number of carbonyl (C=O) groups is 3. The number of hydrogen-bond acceptors (Lipinski definition) is 5. The molecule has 1 heterocycles. The SMILES string of the molecule is CN.Cc1ccccc1.NCC(=O)N1CCC(CC=O)C1.O=CO. The Balaban J connectivity index is 0. The van der Waals surface area contributed by atoms with Crippen molar-refractivity contribution in [3.8, 4) is 0 Å². The first-order valence-corrected chi connectivity index (χ1v) is 7.67. The monoisotopic (exact) mass is 339 g/mol. The first-order chi connectivity index (χ1) is 11.6. The van der Waals surface area contributed by atoms with Crippen molar-refractivity contribution in [2.45, 2.75) is 19.8 Å². The summed E-state index contributed by atoms with van der Waals surface area (Å²) in [6, 6.07) is 10.3. The van der Waals surface area contributed by atoms with Crippen molar-refractivity contribution in [3.05, 3.63) is 35.9 Å². The van der Waals surface area contributed by atoms with Gasteiger partial charge < -0.3 is 26.3 Å². The number of hydrogen-bond donors (Lipinski definition) is 3. The molecule has 1 aromatic rings. The van der Waals surface area contributed by atoms with E-state index in [1.54, 1.807) is 4.90 Å². The van der Waals surface area contributed by atoms with Crippen molar-refractivity contribution in [2.75, 3.05) is 26.7 Å². The zero-order chi connectivity index (χ0) is 18.8. The second-order valence-electron chi connectivity index (χ2n) is 4.86. The van der Waals surface area contributed by atoms with E-state index in [0.717, 1.165) is 19.3 Å². The fourth-order valence-electron chi connectivity index (χ4n) is 2.05. The van der Waals surface area contributed by atoms with E-state index in [9.17, 15) is 9.59 Å². The van der Waals surface area contributed by atoms with Crippen LogP contribution in [0.3, 0.4) is 0 Å². The van der Waals surface area contributed by atoms with Crippen LogP contribution < -0.4 is 11.5 Å². The molecule has 0 saturated carbocycles. The third-order valence-corrected chi connectivity index (χ3v) is 3.18. The van der Waals surface area contributed by atoms with Gasteiger partial charge in [-0.3, -0.25) is 9.59 Å². The molecule has 24 heavy (non-hydrogen) atoms. The fourth-order valence-corrected chi connectivity index (χ4v) is 2.05. The summed E-state index contributed by atoms with van der Waals surface area (Å²) in [6.07, 6.45) is 2.42. The summed E-state index contributed by atoms with van der Waals surface area (Å²) in [5.41, 5.74) is 11.0. The van der Waals surface area contributed by atoms with Gasteiger partial charge >= 0.3 is 0 Å². The number of nitrogens with two attached hydrogens (primary N) is 2. The molecule has 1 aliphatic heterocycles. The van der Waals surface area contributed by atoms with Gasteiger partial charge in [-0.1, -0.05) is 35.9 Å². The van der Waals surface area contributed by atoms with Crippen LogP contribution in [-0.2, 0) is 14.4 Å². The second-order valence-corrected chi connectivity index (χ2v) is 4.86.